The molecule has 1 aromatic carbocycles. The van der Waals surface area contributed by atoms with Crippen molar-refractivity contribution in [2.75, 3.05) is 12.8 Å². The van der Waals surface area contributed by atoms with Crippen molar-refractivity contribution in [2.45, 2.75) is 63.3 Å². The smallest absolute Gasteiger partial charge is 0.364 e. The predicted octanol–water partition coefficient (Wildman–Crippen LogP) is 3.50. The van der Waals surface area contributed by atoms with Crippen LogP contribution >= 0.6 is 0 Å². The number of hydrogen-bond donors (Lipinski definition) is 2. The van der Waals surface area contributed by atoms with Crippen molar-refractivity contribution in [3.63, 3.8) is 0 Å². The molecule has 2 aromatic rings. The minimum Gasteiger partial charge on any atom is -0.364 e. The lowest BCUT2D eigenvalue weighted by atomic mass is 9.89. The zero-order valence-electron chi connectivity index (χ0n) is 20.6. The molecule has 204 valence electrons. The van der Waals surface area contributed by atoms with Crippen LogP contribution in [0.15, 0.2) is 18.2 Å². The van der Waals surface area contributed by atoms with Gasteiger partial charge in [0, 0.05) is 25.6 Å². The second-order valence-electron chi connectivity index (χ2n) is 9.36. The van der Waals surface area contributed by atoms with E-state index in [0.717, 1.165) is 10.6 Å². The van der Waals surface area contributed by atoms with Gasteiger partial charge in [-0.15, -0.1) is 0 Å². The number of hydrogen-bond acceptors (Lipinski definition) is 5. The van der Waals surface area contributed by atoms with E-state index < -0.39 is 51.7 Å². The third-order valence-electron chi connectivity index (χ3n) is 6.61. The van der Waals surface area contributed by atoms with Crippen molar-refractivity contribution >= 4 is 21.7 Å². The van der Waals surface area contributed by atoms with E-state index >= 15 is 4.39 Å². The molecule has 1 aliphatic carbocycles. The van der Waals surface area contributed by atoms with Crippen LogP contribution in [-0.4, -0.2) is 54.0 Å². The summed E-state index contributed by atoms with van der Waals surface area (Å²) in [5.41, 5.74) is 4.89. The first-order valence-electron chi connectivity index (χ1n) is 11.9. The van der Waals surface area contributed by atoms with Gasteiger partial charge in [-0.3, -0.25) is 14.2 Å². The Bertz CT molecular complexity index is 1270. The molecule has 3 N–H and O–H groups in total. The highest BCUT2D eigenvalue weighted by Crippen LogP contribution is 2.29. The van der Waals surface area contributed by atoms with Gasteiger partial charge in [0.1, 0.15) is 27.2 Å². The van der Waals surface area contributed by atoms with Crippen LogP contribution in [-0.2, 0) is 22.7 Å². The number of nitrogens with one attached hydrogen (secondary N) is 1. The number of aromatic nitrogens is 2. The minimum atomic E-state index is -4.39. The van der Waals surface area contributed by atoms with Gasteiger partial charge in [0.25, 0.3) is 11.8 Å². The zero-order valence-corrected chi connectivity index (χ0v) is 21.4. The lowest BCUT2D eigenvalue weighted by Crippen LogP contribution is -2.35. The van der Waals surface area contributed by atoms with Gasteiger partial charge >= 0.3 is 6.18 Å². The molecule has 8 nitrogen and oxygen atoms in total. The van der Waals surface area contributed by atoms with E-state index in [1.54, 1.807) is 6.92 Å². The lowest BCUT2D eigenvalue weighted by Gasteiger charge is -2.27. The molecule has 1 fully saturated rings. The number of carbonyl (C=O) groups is 2. The molecule has 3 rings (SSSR count). The number of sulfone groups is 1. The summed E-state index contributed by atoms with van der Waals surface area (Å²) in [6.45, 7) is 1.92. The van der Waals surface area contributed by atoms with E-state index in [0.29, 0.717) is 25.7 Å². The van der Waals surface area contributed by atoms with Crippen molar-refractivity contribution in [1.82, 2.24) is 14.9 Å². The predicted molar refractivity (Wildman–Crippen MR) is 129 cm³/mol. The number of halogens is 4. The normalized spacial score (nSPS) is 18.5. The van der Waals surface area contributed by atoms with Crippen molar-refractivity contribution in [3.05, 3.63) is 46.8 Å². The van der Waals surface area contributed by atoms with Gasteiger partial charge in [0.15, 0.2) is 5.69 Å². The van der Waals surface area contributed by atoms with Crippen LogP contribution in [0, 0.1) is 11.7 Å². The van der Waals surface area contributed by atoms with Gasteiger partial charge < -0.3 is 11.1 Å². The molecule has 13 heteroatoms. The highest BCUT2D eigenvalue weighted by molar-refractivity contribution is 7.91. The largest absolute Gasteiger partial charge is 0.389 e. The summed E-state index contributed by atoms with van der Waals surface area (Å²) in [5.74, 6) is -2.37. The first kappa shape index (κ1) is 28.6. The van der Waals surface area contributed by atoms with E-state index in [4.69, 9.17) is 5.73 Å². The Morgan fingerprint density at radius 1 is 1.19 bits per heavy atom. The van der Waals surface area contributed by atoms with Crippen LogP contribution in [0.25, 0.3) is 5.69 Å². The highest BCUT2D eigenvalue weighted by Gasteiger charge is 2.31. The number of rotatable bonds is 9. The number of primary amides is 1. The summed E-state index contributed by atoms with van der Waals surface area (Å²) < 4.78 is 77.2. The van der Waals surface area contributed by atoms with Gasteiger partial charge in [-0.1, -0.05) is 13.0 Å². The number of aryl methyl sites for hydroxylation is 2. The molecule has 1 aliphatic rings. The fraction of sp³-hybridized carbons (Fsp3) is 0.542. The second kappa shape index (κ2) is 11.2. The van der Waals surface area contributed by atoms with Crippen molar-refractivity contribution in [1.29, 1.82) is 0 Å². The Hall–Kier alpha value is -2.96. The quantitative estimate of drug-likeness (QED) is 0.466. The number of imidazole rings is 1. The van der Waals surface area contributed by atoms with Gasteiger partial charge in [-0.25, -0.2) is 17.8 Å². The Balaban J connectivity index is 1.82. The summed E-state index contributed by atoms with van der Waals surface area (Å²) in [5, 5.41) is 2.33. The van der Waals surface area contributed by atoms with E-state index in [9.17, 15) is 31.2 Å². The number of alkyl halides is 3. The zero-order chi connectivity index (χ0) is 27.5. The first-order chi connectivity index (χ1) is 17.2. The maximum Gasteiger partial charge on any atom is 0.389 e. The van der Waals surface area contributed by atoms with E-state index in [2.05, 4.69) is 10.3 Å². The SMILES string of the molecule is CCc1nc(C(=O)NCC2CCC(S(C)(=O)=O)CC2)c(C(N)=O)n1-c1ccc(CCC(F)(F)F)cc1F. The van der Waals surface area contributed by atoms with Crippen LogP contribution < -0.4 is 11.1 Å². The number of nitrogens with zero attached hydrogens (tertiary/aromatic N) is 2. The molecule has 0 bridgehead atoms. The van der Waals surface area contributed by atoms with Gasteiger partial charge in [0.05, 0.1) is 10.9 Å². The van der Waals surface area contributed by atoms with E-state index in [-0.39, 0.29) is 47.3 Å². The molecular formula is C24H30F4N4O4S. The summed E-state index contributed by atoms with van der Waals surface area (Å²) in [6.07, 6.45) is -2.26. The van der Waals surface area contributed by atoms with Crippen LogP contribution in [0.5, 0.6) is 0 Å². The van der Waals surface area contributed by atoms with Gasteiger partial charge in [0.2, 0.25) is 0 Å². The standard InChI is InChI=1S/C24H30F4N4O4S/c1-3-19-31-20(23(34)30-13-15-4-7-16(8-5-15)37(2,35)36)21(22(29)33)32(19)18-9-6-14(12-17(18)25)10-11-24(26,27)28/h6,9,12,15-16H,3-5,7-8,10-11,13H2,1-2H3,(H2,29,33)(H,30,34). The third-order valence-corrected chi connectivity index (χ3v) is 8.29. The highest BCUT2D eigenvalue weighted by atomic mass is 32.2. The summed E-state index contributed by atoms with van der Waals surface area (Å²) in [7, 11) is -3.12. The molecule has 0 saturated heterocycles. The molecule has 1 saturated carbocycles. The number of nitrogens with two attached hydrogens (primary N) is 1. The monoisotopic (exact) mass is 546 g/mol. The molecule has 0 atom stereocenters. The fourth-order valence-electron chi connectivity index (χ4n) is 4.61. The molecular weight excluding hydrogens is 516 g/mol. The van der Waals surface area contributed by atoms with Gasteiger partial charge in [-0.05, 0) is 55.7 Å². The van der Waals surface area contributed by atoms with Crippen molar-refractivity contribution in [3.8, 4) is 5.69 Å². The maximum absolute atomic E-state index is 15.0. The Kier molecular flexibility index (Phi) is 8.66. The molecule has 1 aromatic heterocycles. The Morgan fingerprint density at radius 2 is 1.84 bits per heavy atom. The average Bonchev–Trinajstić information content (AvgIpc) is 3.20. The van der Waals surface area contributed by atoms with Gasteiger partial charge in [-0.2, -0.15) is 13.2 Å². The molecule has 0 aliphatic heterocycles. The van der Waals surface area contributed by atoms with E-state index in [1.807, 2.05) is 0 Å². The third kappa shape index (κ3) is 7.08. The van der Waals surface area contributed by atoms with Crippen LogP contribution in [0.3, 0.4) is 0 Å². The molecule has 0 radical (unpaired) electrons. The second-order valence-corrected chi connectivity index (χ2v) is 11.7. The molecule has 0 spiro atoms. The fourth-order valence-corrected chi connectivity index (χ4v) is 5.74. The lowest BCUT2D eigenvalue weighted by molar-refractivity contribution is -0.134. The van der Waals surface area contributed by atoms with Crippen molar-refractivity contribution < 1.29 is 35.6 Å². The van der Waals surface area contributed by atoms with Crippen molar-refractivity contribution in [2.24, 2.45) is 11.7 Å². The summed E-state index contributed by atoms with van der Waals surface area (Å²) in [4.78, 5) is 29.6. The minimum absolute atomic E-state index is 0.0494. The average molecular weight is 547 g/mol. The topological polar surface area (TPSA) is 124 Å². The Morgan fingerprint density at radius 3 is 2.35 bits per heavy atom. The first-order valence-corrected chi connectivity index (χ1v) is 13.9. The molecule has 1 heterocycles. The number of amides is 2. The molecule has 2 amide bonds. The summed E-state index contributed by atoms with van der Waals surface area (Å²) in [6, 6.07) is 3.51. The Labute approximate surface area is 212 Å². The van der Waals surface area contributed by atoms with E-state index in [1.165, 1.54) is 18.4 Å². The number of carbonyl (C=O) groups excluding carboxylic acids is 2. The number of benzene rings is 1. The molecule has 0 unspecified atom stereocenters. The van der Waals surface area contributed by atoms with Crippen LogP contribution in [0.1, 0.15) is 71.4 Å². The van der Waals surface area contributed by atoms with Crippen LogP contribution in [0.2, 0.25) is 0 Å². The summed E-state index contributed by atoms with van der Waals surface area (Å²) >= 11 is 0. The molecule has 37 heavy (non-hydrogen) atoms. The van der Waals surface area contributed by atoms with Crippen LogP contribution in [0.4, 0.5) is 17.6 Å². The maximum atomic E-state index is 15.0.